The van der Waals surface area contributed by atoms with E-state index in [1.54, 1.807) is 13.0 Å². The van der Waals surface area contributed by atoms with Crippen LogP contribution in [0, 0.1) is 6.92 Å². The Morgan fingerprint density at radius 3 is 2.39 bits per heavy atom. The van der Waals surface area contributed by atoms with E-state index >= 15 is 0 Å². The predicted molar refractivity (Wildman–Crippen MR) is 107 cm³/mol. The molecule has 0 aliphatic carbocycles. The fourth-order valence-corrected chi connectivity index (χ4v) is 3.44. The lowest BCUT2D eigenvalue weighted by molar-refractivity contribution is -0.112. The highest BCUT2D eigenvalue weighted by atomic mass is 35.5. The number of hydrogen-bond acceptors (Lipinski definition) is 5. The van der Waals surface area contributed by atoms with Gasteiger partial charge in [-0.05, 0) is 42.8 Å². The Hall–Kier alpha value is -3.10. The highest BCUT2D eigenvalue weighted by molar-refractivity contribution is 7.92. The first-order valence-corrected chi connectivity index (χ1v) is 9.99. The molecule has 0 atom stereocenters. The van der Waals surface area contributed by atoms with Crippen molar-refractivity contribution in [3.63, 3.8) is 0 Å². The Morgan fingerprint density at radius 1 is 1.11 bits per heavy atom. The van der Waals surface area contributed by atoms with Gasteiger partial charge in [-0.15, -0.1) is 0 Å². The number of hydrogen-bond donors (Lipinski definition) is 2. The van der Waals surface area contributed by atoms with Gasteiger partial charge in [0.05, 0.1) is 4.90 Å². The molecule has 0 saturated carbocycles. The van der Waals surface area contributed by atoms with Crippen molar-refractivity contribution < 1.29 is 17.7 Å². The molecule has 0 unspecified atom stereocenters. The van der Waals surface area contributed by atoms with Crippen LogP contribution in [-0.4, -0.2) is 19.5 Å². The number of nitrogens with one attached hydrogen (secondary N) is 2. The van der Waals surface area contributed by atoms with Crippen molar-refractivity contribution in [3.05, 3.63) is 77.0 Å². The van der Waals surface area contributed by atoms with Crippen molar-refractivity contribution in [1.82, 2.24) is 5.16 Å². The molecule has 1 amide bonds. The van der Waals surface area contributed by atoms with Crippen molar-refractivity contribution in [2.24, 2.45) is 0 Å². The van der Waals surface area contributed by atoms with Gasteiger partial charge >= 0.3 is 0 Å². The van der Waals surface area contributed by atoms with Crippen molar-refractivity contribution in [1.29, 1.82) is 0 Å². The Labute approximate surface area is 167 Å². The Kier molecular flexibility index (Phi) is 5.81. The molecule has 3 aromatic rings. The minimum atomic E-state index is -3.82. The first-order valence-electron chi connectivity index (χ1n) is 8.13. The number of halogens is 1. The van der Waals surface area contributed by atoms with Gasteiger partial charge in [-0.25, -0.2) is 8.42 Å². The summed E-state index contributed by atoms with van der Waals surface area (Å²) in [7, 11) is -3.82. The molecule has 1 aromatic heterocycles. The maximum absolute atomic E-state index is 12.3. The number of aromatic nitrogens is 1. The summed E-state index contributed by atoms with van der Waals surface area (Å²) in [5.41, 5.74) is 1.19. The topological polar surface area (TPSA) is 101 Å². The van der Waals surface area contributed by atoms with E-state index in [0.29, 0.717) is 11.4 Å². The fraction of sp³-hybridized carbons (Fsp3) is 0.0526. The van der Waals surface area contributed by atoms with Gasteiger partial charge < -0.3 is 9.84 Å². The number of sulfonamides is 1. The maximum atomic E-state index is 12.3. The van der Waals surface area contributed by atoms with E-state index in [2.05, 4.69) is 15.2 Å². The van der Waals surface area contributed by atoms with Gasteiger partial charge in [-0.2, -0.15) is 0 Å². The maximum Gasteiger partial charge on any atom is 0.267 e. The summed E-state index contributed by atoms with van der Waals surface area (Å²) in [4.78, 5) is 12.2. The summed E-state index contributed by atoms with van der Waals surface area (Å²) < 4.78 is 31.8. The van der Waals surface area contributed by atoms with Crippen molar-refractivity contribution in [2.45, 2.75) is 11.8 Å². The SMILES string of the molecule is Cc1cc(NS(=O)(=O)c2ccc(NC(=O)/C(Cl)=C/c3ccccc3)cc2)no1. The number of carbonyl (C=O) groups excluding carboxylic acids is 1. The summed E-state index contributed by atoms with van der Waals surface area (Å²) in [6, 6.07) is 16.3. The standard InChI is InChI=1S/C19H16ClN3O4S/c1-13-11-18(22-27-13)23-28(25,26)16-9-7-15(8-10-16)21-19(24)17(20)12-14-5-3-2-4-6-14/h2-12H,1H3,(H,21,24)(H,22,23)/b17-12-. The molecular weight excluding hydrogens is 402 g/mol. The molecule has 2 aromatic carbocycles. The van der Waals surface area contributed by atoms with Gasteiger partial charge in [0.15, 0.2) is 5.82 Å². The van der Waals surface area contributed by atoms with E-state index in [9.17, 15) is 13.2 Å². The molecule has 0 aliphatic heterocycles. The number of carbonyl (C=O) groups is 1. The van der Waals surface area contributed by atoms with E-state index < -0.39 is 15.9 Å². The average molecular weight is 418 g/mol. The summed E-state index contributed by atoms with van der Waals surface area (Å²) in [5.74, 6) is 0.0706. The molecular formula is C19H16ClN3O4S. The molecule has 3 rings (SSSR count). The summed E-state index contributed by atoms with van der Waals surface area (Å²) >= 11 is 6.04. The van der Waals surface area contributed by atoms with Crippen molar-refractivity contribution in [2.75, 3.05) is 10.0 Å². The van der Waals surface area contributed by atoms with Crippen LogP contribution in [0.5, 0.6) is 0 Å². The molecule has 0 bridgehead atoms. The third-order valence-electron chi connectivity index (χ3n) is 3.60. The summed E-state index contributed by atoms with van der Waals surface area (Å²) in [6.45, 7) is 1.65. The minimum Gasteiger partial charge on any atom is -0.360 e. The molecule has 9 heteroatoms. The molecule has 0 saturated heterocycles. The van der Waals surface area contributed by atoms with Gasteiger partial charge in [0, 0.05) is 11.8 Å². The molecule has 144 valence electrons. The summed E-state index contributed by atoms with van der Waals surface area (Å²) in [6.07, 6.45) is 1.54. The normalized spacial score (nSPS) is 11.9. The average Bonchev–Trinajstić information content (AvgIpc) is 3.07. The Balaban J connectivity index is 1.68. The van der Waals surface area contributed by atoms with Crippen LogP contribution in [0.2, 0.25) is 0 Å². The number of aryl methyl sites for hydroxylation is 1. The monoisotopic (exact) mass is 417 g/mol. The van der Waals surface area contributed by atoms with Crippen LogP contribution in [0.3, 0.4) is 0 Å². The van der Waals surface area contributed by atoms with E-state index in [0.717, 1.165) is 5.56 Å². The third-order valence-corrected chi connectivity index (χ3v) is 5.25. The van der Waals surface area contributed by atoms with Crippen LogP contribution in [0.4, 0.5) is 11.5 Å². The largest absolute Gasteiger partial charge is 0.360 e. The smallest absolute Gasteiger partial charge is 0.267 e. The Morgan fingerprint density at radius 2 is 1.79 bits per heavy atom. The molecule has 28 heavy (non-hydrogen) atoms. The molecule has 7 nitrogen and oxygen atoms in total. The number of rotatable bonds is 6. The van der Waals surface area contributed by atoms with Crippen LogP contribution in [0.25, 0.3) is 6.08 Å². The lowest BCUT2D eigenvalue weighted by atomic mass is 10.2. The quantitative estimate of drug-likeness (QED) is 0.590. The fourth-order valence-electron chi connectivity index (χ4n) is 2.28. The van der Waals surface area contributed by atoms with Crippen molar-refractivity contribution >= 4 is 45.1 Å². The second-order valence-electron chi connectivity index (χ2n) is 5.81. The zero-order chi connectivity index (χ0) is 20.1. The lowest BCUT2D eigenvalue weighted by Crippen LogP contribution is -2.14. The molecule has 2 N–H and O–H groups in total. The van der Waals surface area contributed by atoms with Gasteiger partial charge in [0.1, 0.15) is 10.8 Å². The van der Waals surface area contributed by atoms with E-state index in [-0.39, 0.29) is 15.7 Å². The Bertz CT molecular complexity index is 1110. The first-order chi connectivity index (χ1) is 13.3. The lowest BCUT2D eigenvalue weighted by Gasteiger charge is -2.07. The zero-order valence-corrected chi connectivity index (χ0v) is 16.3. The van der Waals surface area contributed by atoms with Crippen LogP contribution < -0.4 is 10.0 Å². The van der Waals surface area contributed by atoms with Crippen LogP contribution in [-0.2, 0) is 14.8 Å². The van der Waals surface area contributed by atoms with Crippen molar-refractivity contribution in [3.8, 4) is 0 Å². The molecule has 1 heterocycles. The third kappa shape index (κ3) is 4.99. The number of amides is 1. The van der Waals surface area contributed by atoms with Crippen LogP contribution >= 0.6 is 11.6 Å². The minimum absolute atomic E-state index is 0.00552. The van der Waals surface area contributed by atoms with Gasteiger partial charge in [-0.1, -0.05) is 47.1 Å². The first kappa shape index (κ1) is 19.7. The van der Waals surface area contributed by atoms with E-state index in [1.807, 2.05) is 30.3 Å². The molecule has 0 aliphatic rings. The zero-order valence-electron chi connectivity index (χ0n) is 14.7. The van der Waals surface area contributed by atoms with E-state index in [4.69, 9.17) is 16.1 Å². The second-order valence-corrected chi connectivity index (χ2v) is 7.90. The van der Waals surface area contributed by atoms with Gasteiger partial charge in [0.25, 0.3) is 15.9 Å². The summed E-state index contributed by atoms with van der Waals surface area (Å²) in [5, 5.41) is 6.21. The van der Waals surface area contributed by atoms with E-state index in [1.165, 1.54) is 30.3 Å². The molecule has 0 radical (unpaired) electrons. The highest BCUT2D eigenvalue weighted by Gasteiger charge is 2.16. The second kappa shape index (κ2) is 8.28. The highest BCUT2D eigenvalue weighted by Crippen LogP contribution is 2.19. The molecule has 0 fully saturated rings. The van der Waals surface area contributed by atoms with Crippen LogP contribution in [0.1, 0.15) is 11.3 Å². The number of anilines is 2. The number of benzene rings is 2. The van der Waals surface area contributed by atoms with Crippen LogP contribution in [0.15, 0.2) is 75.1 Å². The molecule has 0 spiro atoms. The van der Waals surface area contributed by atoms with Gasteiger partial charge in [0.2, 0.25) is 0 Å². The number of nitrogens with zero attached hydrogens (tertiary/aromatic N) is 1. The van der Waals surface area contributed by atoms with Gasteiger partial charge in [-0.3, -0.25) is 9.52 Å². The predicted octanol–water partition coefficient (Wildman–Crippen LogP) is 4.00.